The monoisotopic (exact) mass is 254 g/mol. The van der Waals surface area contributed by atoms with Gasteiger partial charge in [0.05, 0.1) is 6.42 Å². The maximum atomic E-state index is 11.9. The minimum Gasteiger partial charge on any atom is -0.460 e. The quantitative estimate of drug-likeness (QED) is 0.573. The van der Waals surface area contributed by atoms with E-state index in [9.17, 15) is 14.4 Å². The van der Waals surface area contributed by atoms with Crippen molar-refractivity contribution >= 4 is 17.5 Å². The molecule has 1 aliphatic carbocycles. The third-order valence-corrected chi connectivity index (χ3v) is 3.29. The van der Waals surface area contributed by atoms with Gasteiger partial charge in [0.25, 0.3) is 0 Å². The lowest BCUT2D eigenvalue weighted by molar-refractivity contribution is -0.155. The molecule has 0 bridgehead atoms. The van der Waals surface area contributed by atoms with Crippen LogP contribution in [0.3, 0.4) is 0 Å². The first-order valence-corrected chi connectivity index (χ1v) is 6.39. The van der Waals surface area contributed by atoms with Crippen LogP contribution in [-0.2, 0) is 19.1 Å². The Labute approximate surface area is 108 Å². The number of carbonyl (C=O) groups is 3. The zero-order valence-electron chi connectivity index (χ0n) is 11.7. The molecule has 0 aliphatic heterocycles. The van der Waals surface area contributed by atoms with E-state index in [2.05, 4.69) is 0 Å². The zero-order valence-corrected chi connectivity index (χ0v) is 11.7. The summed E-state index contributed by atoms with van der Waals surface area (Å²) in [5.74, 6) is -0.314. The fourth-order valence-electron chi connectivity index (χ4n) is 2.07. The molecular formula is C14H22O4. The Morgan fingerprint density at radius 1 is 1.33 bits per heavy atom. The molecule has 0 heterocycles. The van der Waals surface area contributed by atoms with Crippen LogP contribution in [0.1, 0.15) is 59.8 Å². The number of ether oxygens (including phenoxy) is 1. The predicted octanol–water partition coefficient (Wildman–Crippen LogP) is 2.44. The molecule has 0 aromatic carbocycles. The molecule has 0 amide bonds. The third kappa shape index (κ3) is 4.24. The van der Waals surface area contributed by atoms with Gasteiger partial charge in [-0.15, -0.1) is 0 Å². The first kappa shape index (κ1) is 14.9. The maximum Gasteiger partial charge on any atom is 0.306 e. The number of rotatable bonds is 3. The lowest BCUT2D eigenvalue weighted by Gasteiger charge is -2.31. The average molecular weight is 254 g/mol. The molecule has 0 N–H and O–H groups in total. The molecule has 4 nitrogen and oxygen atoms in total. The van der Waals surface area contributed by atoms with E-state index in [-0.39, 0.29) is 30.4 Å². The Kier molecular flexibility index (Phi) is 4.30. The van der Waals surface area contributed by atoms with Gasteiger partial charge in [0.1, 0.15) is 17.2 Å². The summed E-state index contributed by atoms with van der Waals surface area (Å²) in [6.45, 7) is 7.29. The minimum absolute atomic E-state index is 0.00902. The Balaban J connectivity index is 2.50. The Morgan fingerprint density at radius 2 is 1.94 bits per heavy atom. The van der Waals surface area contributed by atoms with Gasteiger partial charge in [-0.05, 0) is 33.6 Å². The minimum atomic E-state index is -0.537. The summed E-state index contributed by atoms with van der Waals surface area (Å²) in [5, 5.41) is 0. The van der Waals surface area contributed by atoms with Gasteiger partial charge in [-0.1, -0.05) is 6.92 Å². The Hall–Kier alpha value is -1.19. The van der Waals surface area contributed by atoms with Gasteiger partial charge in [-0.3, -0.25) is 14.4 Å². The van der Waals surface area contributed by atoms with Gasteiger partial charge in [0, 0.05) is 18.3 Å². The summed E-state index contributed by atoms with van der Waals surface area (Å²) < 4.78 is 5.21. The number of hydrogen-bond donors (Lipinski definition) is 0. The number of Topliss-reactive ketones (excluding diaryl/α,β-unsaturated/α-hetero) is 2. The molecule has 102 valence electrons. The molecule has 1 saturated carbocycles. The fourth-order valence-corrected chi connectivity index (χ4v) is 2.07. The summed E-state index contributed by atoms with van der Waals surface area (Å²) in [7, 11) is 0. The summed E-state index contributed by atoms with van der Waals surface area (Å²) in [6.07, 6.45) is 1.70. The highest BCUT2D eigenvalue weighted by Gasteiger charge is 2.38. The topological polar surface area (TPSA) is 60.4 Å². The average Bonchev–Trinajstić information content (AvgIpc) is 2.19. The standard InChI is InChI=1S/C14H22O4/c1-13(2,3)18-12(17)6-8-14(4)7-5-10(15)9-11(14)16/h5-9H2,1-4H3. The van der Waals surface area contributed by atoms with Crippen LogP contribution in [0, 0.1) is 5.41 Å². The molecule has 4 heteroatoms. The van der Waals surface area contributed by atoms with Crippen molar-refractivity contribution in [3.8, 4) is 0 Å². The first-order valence-electron chi connectivity index (χ1n) is 6.39. The number of hydrogen-bond acceptors (Lipinski definition) is 4. The van der Waals surface area contributed by atoms with Crippen molar-refractivity contribution in [3.63, 3.8) is 0 Å². The van der Waals surface area contributed by atoms with Gasteiger partial charge in [0.2, 0.25) is 0 Å². The molecule has 0 aromatic rings. The van der Waals surface area contributed by atoms with E-state index < -0.39 is 11.0 Å². The second kappa shape index (κ2) is 5.21. The van der Waals surface area contributed by atoms with E-state index in [0.29, 0.717) is 19.3 Å². The van der Waals surface area contributed by atoms with Crippen LogP contribution in [0.5, 0.6) is 0 Å². The Morgan fingerprint density at radius 3 is 2.44 bits per heavy atom. The van der Waals surface area contributed by atoms with E-state index >= 15 is 0 Å². The number of ketones is 2. The molecule has 0 aromatic heterocycles. The van der Waals surface area contributed by atoms with Crippen LogP contribution in [0.25, 0.3) is 0 Å². The molecule has 0 spiro atoms. The molecule has 1 atom stereocenters. The SMILES string of the molecule is CC(C)(C)OC(=O)CCC1(C)CCC(=O)CC1=O. The van der Waals surface area contributed by atoms with E-state index in [1.807, 2.05) is 27.7 Å². The van der Waals surface area contributed by atoms with Gasteiger partial charge in [0.15, 0.2) is 0 Å². The highest BCUT2D eigenvalue weighted by atomic mass is 16.6. The number of carbonyl (C=O) groups excluding carboxylic acids is 3. The second-order valence-electron chi connectivity index (χ2n) is 6.29. The molecule has 1 rings (SSSR count). The zero-order chi connectivity index (χ0) is 14.0. The van der Waals surface area contributed by atoms with Crippen molar-refractivity contribution in [1.29, 1.82) is 0 Å². The van der Waals surface area contributed by atoms with E-state index in [1.54, 1.807) is 0 Å². The van der Waals surface area contributed by atoms with Crippen LogP contribution in [0.15, 0.2) is 0 Å². The molecule has 1 fully saturated rings. The van der Waals surface area contributed by atoms with Crippen molar-refractivity contribution in [2.24, 2.45) is 5.41 Å². The predicted molar refractivity (Wildman–Crippen MR) is 67.1 cm³/mol. The molecule has 1 aliphatic rings. The smallest absolute Gasteiger partial charge is 0.306 e. The molecule has 1 unspecified atom stereocenters. The van der Waals surface area contributed by atoms with Crippen LogP contribution in [0.4, 0.5) is 0 Å². The molecule has 0 saturated heterocycles. The second-order valence-corrected chi connectivity index (χ2v) is 6.29. The van der Waals surface area contributed by atoms with Crippen molar-refractivity contribution in [3.05, 3.63) is 0 Å². The lowest BCUT2D eigenvalue weighted by Crippen LogP contribution is -2.35. The van der Waals surface area contributed by atoms with Crippen molar-refractivity contribution < 1.29 is 19.1 Å². The maximum absolute atomic E-state index is 11.9. The van der Waals surface area contributed by atoms with Gasteiger partial charge in [-0.25, -0.2) is 0 Å². The molecular weight excluding hydrogens is 232 g/mol. The highest BCUT2D eigenvalue weighted by Crippen LogP contribution is 2.35. The summed E-state index contributed by atoms with van der Waals surface area (Å²) in [4.78, 5) is 34.6. The normalized spacial score (nSPS) is 25.1. The summed E-state index contributed by atoms with van der Waals surface area (Å²) >= 11 is 0. The van der Waals surface area contributed by atoms with Crippen LogP contribution >= 0.6 is 0 Å². The first-order chi connectivity index (χ1) is 8.12. The molecule has 18 heavy (non-hydrogen) atoms. The molecule has 0 radical (unpaired) electrons. The highest BCUT2D eigenvalue weighted by molar-refractivity contribution is 6.04. The van der Waals surface area contributed by atoms with Gasteiger partial charge >= 0.3 is 5.97 Å². The van der Waals surface area contributed by atoms with Crippen LogP contribution < -0.4 is 0 Å². The summed E-state index contributed by atoms with van der Waals surface area (Å²) in [5.41, 5.74) is -1.03. The van der Waals surface area contributed by atoms with Gasteiger partial charge in [-0.2, -0.15) is 0 Å². The van der Waals surface area contributed by atoms with E-state index in [4.69, 9.17) is 4.74 Å². The van der Waals surface area contributed by atoms with Crippen molar-refractivity contribution in [2.75, 3.05) is 0 Å². The van der Waals surface area contributed by atoms with Gasteiger partial charge < -0.3 is 4.74 Å². The summed E-state index contributed by atoms with van der Waals surface area (Å²) in [6, 6.07) is 0. The van der Waals surface area contributed by atoms with Crippen molar-refractivity contribution in [2.45, 2.75) is 65.4 Å². The largest absolute Gasteiger partial charge is 0.460 e. The van der Waals surface area contributed by atoms with E-state index in [0.717, 1.165) is 0 Å². The fraction of sp³-hybridized carbons (Fsp3) is 0.786. The third-order valence-electron chi connectivity index (χ3n) is 3.29. The number of esters is 1. The van der Waals surface area contributed by atoms with Crippen LogP contribution in [0.2, 0.25) is 0 Å². The Bertz CT molecular complexity index is 364. The lowest BCUT2D eigenvalue weighted by atomic mass is 9.71. The van der Waals surface area contributed by atoms with Crippen LogP contribution in [-0.4, -0.2) is 23.1 Å². The van der Waals surface area contributed by atoms with E-state index in [1.165, 1.54) is 0 Å². The van der Waals surface area contributed by atoms with Crippen molar-refractivity contribution in [1.82, 2.24) is 0 Å².